The molecule has 3 heteroatoms. The molecule has 2 rings (SSSR count). The van der Waals surface area contributed by atoms with Gasteiger partial charge in [-0.2, -0.15) is 0 Å². The van der Waals surface area contributed by atoms with Gasteiger partial charge in [-0.25, -0.2) is 0 Å². The van der Waals surface area contributed by atoms with Crippen LogP contribution in [0.5, 0.6) is 0 Å². The van der Waals surface area contributed by atoms with E-state index >= 15 is 0 Å². The number of benzene rings is 1. The smallest absolute Gasteiger partial charge is 0.0454 e. The first-order valence-electron chi connectivity index (χ1n) is 7.81. The molecule has 1 fully saturated rings. The van der Waals surface area contributed by atoms with Crippen LogP contribution >= 0.6 is 11.6 Å². The van der Waals surface area contributed by atoms with Crippen LogP contribution < -0.4 is 5.73 Å². The normalized spacial score (nSPS) is 23.2. The summed E-state index contributed by atoms with van der Waals surface area (Å²) in [6.45, 7) is 3.80. The second-order valence-corrected chi connectivity index (χ2v) is 6.53. The van der Waals surface area contributed by atoms with Crippen molar-refractivity contribution in [2.75, 3.05) is 7.05 Å². The summed E-state index contributed by atoms with van der Waals surface area (Å²) in [7, 11) is 2.23. The lowest BCUT2D eigenvalue weighted by molar-refractivity contribution is 0.157. The second-order valence-electron chi connectivity index (χ2n) is 6.13. The molecule has 0 atom stereocenters. The standard InChI is InChI=1S/C17H27ClN2/c1-3-13-5-8-16(9-6-13)20(2)12-15-7-4-14(11-19)10-17(15)18/h4,7,10,13,16H,3,5-6,8-9,11-12,19H2,1-2H3. The zero-order valence-electron chi connectivity index (χ0n) is 12.7. The Morgan fingerprint density at radius 3 is 2.50 bits per heavy atom. The number of nitrogens with zero attached hydrogens (tertiary/aromatic N) is 1. The molecule has 1 aliphatic carbocycles. The summed E-state index contributed by atoms with van der Waals surface area (Å²) in [5.74, 6) is 0.951. The third-order valence-electron chi connectivity index (χ3n) is 4.79. The van der Waals surface area contributed by atoms with Crippen LogP contribution in [0.15, 0.2) is 18.2 Å². The van der Waals surface area contributed by atoms with Crippen LogP contribution in [-0.2, 0) is 13.1 Å². The van der Waals surface area contributed by atoms with Crippen LogP contribution in [0.4, 0.5) is 0 Å². The Kier molecular flexibility index (Phi) is 5.88. The lowest BCUT2D eigenvalue weighted by atomic mass is 9.84. The van der Waals surface area contributed by atoms with E-state index in [-0.39, 0.29) is 0 Å². The summed E-state index contributed by atoms with van der Waals surface area (Å²) >= 11 is 6.35. The van der Waals surface area contributed by atoms with Gasteiger partial charge in [0.15, 0.2) is 0 Å². The lowest BCUT2D eigenvalue weighted by Crippen LogP contribution is -2.34. The first-order chi connectivity index (χ1) is 9.63. The molecule has 0 amide bonds. The summed E-state index contributed by atoms with van der Waals surface area (Å²) in [5, 5.41) is 0.849. The number of hydrogen-bond donors (Lipinski definition) is 1. The van der Waals surface area contributed by atoms with Crippen molar-refractivity contribution in [2.24, 2.45) is 11.7 Å². The van der Waals surface area contributed by atoms with Crippen LogP contribution in [0, 0.1) is 5.92 Å². The third-order valence-corrected chi connectivity index (χ3v) is 5.14. The zero-order chi connectivity index (χ0) is 14.5. The monoisotopic (exact) mass is 294 g/mol. The van der Waals surface area contributed by atoms with Crippen LogP contribution in [0.3, 0.4) is 0 Å². The quantitative estimate of drug-likeness (QED) is 0.882. The molecule has 0 saturated heterocycles. The molecule has 2 nitrogen and oxygen atoms in total. The average molecular weight is 295 g/mol. The fourth-order valence-corrected chi connectivity index (χ4v) is 3.50. The van der Waals surface area contributed by atoms with Crippen molar-refractivity contribution in [1.29, 1.82) is 0 Å². The molecule has 112 valence electrons. The van der Waals surface area contributed by atoms with E-state index in [0.717, 1.165) is 23.0 Å². The van der Waals surface area contributed by atoms with Crippen molar-refractivity contribution in [1.82, 2.24) is 4.90 Å². The average Bonchev–Trinajstić information content (AvgIpc) is 2.49. The van der Waals surface area contributed by atoms with E-state index < -0.39 is 0 Å². The molecule has 0 aliphatic heterocycles. The molecular formula is C17H27ClN2. The summed E-state index contributed by atoms with van der Waals surface area (Å²) in [6, 6.07) is 6.92. The molecular weight excluding hydrogens is 268 g/mol. The highest BCUT2D eigenvalue weighted by Gasteiger charge is 2.23. The minimum atomic E-state index is 0.552. The predicted octanol–water partition coefficient (Wildman–Crippen LogP) is 4.20. The molecule has 1 saturated carbocycles. The van der Waals surface area contributed by atoms with Gasteiger partial charge >= 0.3 is 0 Å². The maximum Gasteiger partial charge on any atom is 0.0454 e. The highest BCUT2D eigenvalue weighted by Crippen LogP contribution is 2.30. The number of halogens is 1. The van der Waals surface area contributed by atoms with Gasteiger partial charge in [0.05, 0.1) is 0 Å². The van der Waals surface area contributed by atoms with Crippen LogP contribution in [0.2, 0.25) is 5.02 Å². The van der Waals surface area contributed by atoms with Crippen molar-refractivity contribution >= 4 is 11.6 Å². The molecule has 0 heterocycles. The molecule has 0 aromatic heterocycles. The lowest BCUT2D eigenvalue weighted by Gasteiger charge is -2.34. The van der Waals surface area contributed by atoms with Gasteiger partial charge in [0.2, 0.25) is 0 Å². The van der Waals surface area contributed by atoms with Gasteiger partial charge in [0.1, 0.15) is 0 Å². The Morgan fingerprint density at radius 2 is 1.95 bits per heavy atom. The second kappa shape index (κ2) is 7.44. The van der Waals surface area contributed by atoms with Gasteiger partial charge in [0.25, 0.3) is 0 Å². The number of rotatable bonds is 5. The SMILES string of the molecule is CCC1CCC(N(C)Cc2ccc(CN)cc2Cl)CC1. The van der Waals surface area contributed by atoms with Gasteiger partial charge in [0, 0.05) is 24.2 Å². The number of hydrogen-bond acceptors (Lipinski definition) is 2. The molecule has 0 spiro atoms. The molecule has 2 N–H and O–H groups in total. The van der Waals surface area contributed by atoms with E-state index in [0.29, 0.717) is 12.6 Å². The first-order valence-corrected chi connectivity index (χ1v) is 8.19. The van der Waals surface area contributed by atoms with Crippen LogP contribution in [0.25, 0.3) is 0 Å². The van der Waals surface area contributed by atoms with E-state index in [1.165, 1.54) is 37.7 Å². The topological polar surface area (TPSA) is 29.3 Å². The molecule has 1 aliphatic rings. The van der Waals surface area contributed by atoms with E-state index in [4.69, 9.17) is 17.3 Å². The van der Waals surface area contributed by atoms with E-state index in [9.17, 15) is 0 Å². The van der Waals surface area contributed by atoms with E-state index in [2.05, 4.69) is 31.0 Å². The molecule has 0 unspecified atom stereocenters. The van der Waals surface area contributed by atoms with Crippen LogP contribution in [-0.4, -0.2) is 18.0 Å². The highest BCUT2D eigenvalue weighted by atomic mass is 35.5. The van der Waals surface area contributed by atoms with E-state index in [1.54, 1.807) is 0 Å². The molecule has 20 heavy (non-hydrogen) atoms. The Balaban J connectivity index is 1.93. The van der Waals surface area contributed by atoms with E-state index in [1.807, 2.05) is 6.07 Å². The summed E-state index contributed by atoms with van der Waals surface area (Å²) < 4.78 is 0. The van der Waals surface area contributed by atoms with Gasteiger partial charge in [-0.1, -0.05) is 37.1 Å². The minimum Gasteiger partial charge on any atom is -0.326 e. The maximum absolute atomic E-state index is 6.35. The fourth-order valence-electron chi connectivity index (χ4n) is 3.24. The Hall–Kier alpha value is -0.570. The first kappa shape index (κ1) is 15.8. The van der Waals surface area contributed by atoms with Crippen molar-refractivity contribution in [2.45, 2.75) is 58.2 Å². The molecule has 1 aromatic carbocycles. The van der Waals surface area contributed by atoms with Gasteiger partial charge in [-0.3, -0.25) is 4.90 Å². The van der Waals surface area contributed by atoms with Gasteiger partial charge < -0.3 is 5.73 Å². The highest BCUT2D eigenvalue weighted by molar-refractivity contribution is 6.31. The largest absolute Gasteiger partial charge is 0.326 e. The van der Waals surface area contributed by atoms with Gasteiger partial charge in [-0.05, 0) is 55.8 Å². The summed E-state index contributed by atoms with van der Waals surface area (Å²) in [4.78, 5) is 2.47. The van der Waals surface area contributed by atoms with Crippen LogP contribution in [0.1, 0.15) is 50.2 Å². The van der Waals surface area contributed by atoms with Crippen molar-refractivity contribution in [3.05, 3.63) is 34.3 Å². The molecule has 0 bridgehead atoms. The van der Waals surface area contributed by atoms with Crippen molar-refractivity contribution < 1.29 is 0 Å². The number of nitrogens with two attached hydrogens (primary N) is 1. The molecule has 1 aromatic rings. The zero-order valence-corrected chi connectivity index (χ0v) is 13.5. The Labute approximate surface area is 128 Å². The third kappa shape index (κ3) is 3.97. The fraction of sp³-hybridized carbons (Fsp3) is 0.647. The summed E-state index contributed by atoms with van der Waals surface area (Å²) in [6.07, 6.45) is 6.75. The van der Waals surface area contributed by atoms with Crippen molar-refractivity contribution in [3.8, 4) is 0 Å². The Morgan fingerprint density at radius 1 is 1.25 bits per heavy atom. The van der Waals surface area contributed by atoms with Crippen molar-refractivity contribution in [3.63, 3.8) is 0 Å². The Bertz CT molecular complexity index is 425. The summed E-state index contributed by atoms with van der Waals surface area (Å²) in [5.41, 5.74) is 7.96. The maximum atomic E-state index is 6.35. The molecule has 0 radical (unpaired) electrons. The minimum absolute atomic E-state index is 0.552. The predicted molar refractivity (Wildman–Crippen MR) is 86.8 cm³/mol. The van der Waals surface area contributed by atoms with Gasteiger partial charge in [-0.15, -0.1) is 0 Å².